The molecule has 1 aliphatic carbocycles. The summed E-state index contributed by atoms with van der Waals surface area (Å²) in [5, 5.41) is 2.96. The van der Waals surface area contributed by atoms with Crippen molar-refractivity contribution < 1.29 is 9.18 Å². The Bertz CT molecular complexity index is 825. The van der Waals surface area contributed by atoms with Gasteiger partial charge >= 0.3 is 0 Å². The molecular weight excluding hydrogens is 281 g/mol. The summed E-state index contributed by atoms with van der Waals surface area (Å²) in [7, 11) is 0. The summed E-state index contributed by atoms with van der Waals surface area (Å²) in [4.78, 5) is 16.5. The fourth-order valence-electron chi connectivity index (χ4n) is 2.75. The molecule has 0 unspecified atom stereocenters. The molecule has 0 aliphatic heterocycles. The van der Waals surface area contributed by atoms with Crippen LogP contribution in [0.3, 0.4) is 0 Å². The van der Waals surface area contributed by atoms with Gasteiger partial charge in [0.05, 0.1) is 0 Å². The third-order valence-electron chi connectivity index (χ3n) is 3.98. The van der Waals surface area contributed by atoms with Gasteiger partial charge in [-0.25, -0.2) is 9.37 Å². The summed E-state index contributed by atoms with van der Waals surface area (Å²) in [6.07, 6.45) is 4.40. The number of amides is 1. The van der Waals surface area contributed by atoms with Crippen LogP contribution in [0.25, 0.3) is 5.65 Å². The first-order valence-corrected chi connectivity index (χ1v) is 7.21. The van der Waals surface area contributed by atoms with E-state index in [4.69, 9.17) is 0 Å². The molecule has 110 valence electrons. The molecular formula is C17H14FN3O. The Morgan fingerprint density at radius 3 is 3.00 bits per heavy atom. The van der Waals surface area contributed by atoms with Crippen molar-refractivity contribution in [2.45, 2.75) is 18.4 Å². The van der Waals surface area contributed by atoms with Crippen LogP contribution in [0.2, 0.25) is 0 Å². The van der Waals surface area contributed by atoms with Crippen LogP contribution in [-0.4, -0.2) is 21.3 Å². The average Bonchev–Trinajstić information content (AvgIpc) is 3.14. The average molecular weight is 295 g/mol. The van der Waals surface area contributed by atoms with Crippen molar-refractivity contribution in [1.82, 2.24) is 14.7 Å². The molecule has 1 fully saturated rings. The number of imidazole rings is 1. The number of rotatable bonds is 3. The van der Waals surface area contributed by atoms with Crippen molar-refractivity contribution in [2.24, 2.45) is 0 Å². The molecule has 1 amide bonds. The first-order chi connectivity index (χ1) is 10.7. The highest BCUT2D eigenvalue weighted by atomic mass is 19.1. The van der Waals surface area contributed by atoms with Gasteiger partial charge in [-0.1, -0.05) is 18.2 Å². The molecule has 1 aliphatic rings. The fourth-order valence-corrected chi connectivity index (χ4v) is 2.75. The van der Waals surface area contributed by atoms with E-state index in [2.05, 4.69) is 10.3 Å². The number of hydrogen-bond acceptors (Lipinski definition) is 2. The molecule has 0 spiro atoms. The number of nitrogens with zero attached hydrogens (tertiary/aromatic N) is 2. The van der Waals surface area contributed by atoms with Gasteiger partial charge in [0.25, 0.3) is 5.91 Å². The molecule has 1 aromatic carbocycles. The van der Waals surface area contributed by atoms with E-state index in [-0.39, 0.29) is 23.7 Å². The van der Waals surface area contributed by atoms with Crippen molar-refractivity contribution >= 4 is 11.6 Å². The van der Waals surface area contributed by atoms with E-state index in [1.807, 2.05) is 34.9 Å². The zero-order chi connectivity index (χ0) is 15.1. The lowest BCUT2D eigenvalue weighted by molar-refractivity contribution is 0.0946. The van der Waals surface area contributed by atoms with E-state index in [9.17, 15) is 9.18 Å². The highest BCUT2D eigenvalue weighted by Crippen LogP contribution is 2.41. The van der Waals surface area contributed by atoms with Gasteiger partial charge in [-0.2, -0.15) is 0 Å². The van der Waals surface area contributed by atoms with Crippen molar-refractivity contribution in [3.8, 4) is 0 Å². The largest absolute Gasteiger partial charge is 0.347 e. The standard InChI is InChI=1S/C17H14FN3O/c18-12-5-3-4-11(8-12)13-9-14(13)20-17(22)15-10-21-7-2-1-6-16(21)19-15/h1-8,10,13-14H,9H2,(H,20,22)/t13-,14+/m0/s1. The number of pyridine rings is 1. The van der Waals surface area contributed by atoms with Crippen LogP contribution < -0.4 is 5.32 Å². The maximum atomic E-state index is 13.2. The zero-order valence-corrected chi connectivity index (χ0v) is 11.7. The number of benzene rings is 1. The Hall–Kier alpha value is -2.69. The molecule has 0 radical (unpaired) electrons. The van der Waals surface area contributed by atoms with Gasteiger partial charge in [-0.05, 0) is 36.2 Å². The molecule has 1 N–H and O–H groups in total. The van der Waals surface area contributed by atoms with Gasteiger partial charge in [0.2, 0.25) is 0 Å². The second-order valence-electron chi connectivity index (χ2n) is 5.57. The lowest BCUT2D eigenvalue weighted by atomic mass is 10.1. The van der Waals surface area contributed by atoms with E-state index in [0.717, 1.165) is 17.6 Å². The molecule has 22 heavy (non-hydrogen) atoms. The quantitative estimate of drug-likeness (QED) is 0.807. The van der Waals surface area contributed by atoms with E-state index in [1.54, 1.807) is 12.3 Å². The Morgan fingerprint density at radius 1 is 1.27 bits per heavy atom. The first kappa shape index (κ1) is 13.0. The smallest absolute Gasteiger partial charge is 0.271 e. The summed E-state index contributed by atoms with van der Waals surface area (Å²) in [6.45, 7) is 0. The molecule has 3 aromatic rings. The normalized spacial score (nSPS) is 20.0. The minimum Gasteiger partial charge on any atom is -0.347 e. The van der Waals surface area contributed by atoms with Gasteiger partial charge < -0.3 is 9.72 Å². The van der Waals surface area contributed by atoms with Crippen LogP contribution in [-0.2, 0) is 0 Å². The predicted octanol–water partition coefficient (Wildman–Crippen LogP) is 2.76. The number of halogens is 1. The molecule has 4 rings (SSSR count). The number of nitrogens with one attached hydrogen (secondary N) is 1. The second-order valence-corrected chi connectivity index (χ2v) is 5.57. The number of aromatic nitrogens is 2. The van der Waals surface area contributed by atoms with Gasteiger partial charge in [-0.3, -0.25) is 4.79 Å². The Morgan fingerprint density at radius 2 is 2.18 bits per heavy atom. The molecule has 2 aromatic heterocycles. The van der Waals surface area contributed by atoms with Crippen molar-refractivity contribution in [3.63, 3.8) is 0 Å². The number of carbonyl (C=O) groups excluding carboxylic acids is 1. The summed E-state index contributed by atoms with van der Waals surface area (Å²) in [5.41, 5.74) is 2.07. The van der Waals surface area contributed by atoms with E-state index in [0.29, 0.717) is 5.69 Å². The third-order valence-corrected chi connectivity index (χ3v) is 3.98. The highest BCUT2D eigenvalue weighted by molar-refractivity contribution is 5.93. The van der Waals surface area contributed by atoms with Gasteiger partial charge in [-0.15, -0.1) is 0 Å². The van der Waals surface area contributed by atoms with Crippen molar-refractivity contribution in [2.75, 3.05) is 0 Å². The maximum absolute atomic E-state index is 13.2. The molecule has 5 heteroatoms. The Kier molecular flexibility index (Phi) is 2.92. The minimum atomic E-state index is -0.241. The van der Waals surface area contributed by atoms with Crippen LogP contribution in [0.5, 0.6) is 0 Å². The number of hydrogen-bond donors (Lipinski definition) is 1. The SMILES string of the molecule is O=C(N[C@@H]1C[C@H]1c1cccc(F)c1)c1cn2ccccc2n1. The summed E-state index contributed by atoms with van der Waals surface area (Å²) >= 11 is 0. The van der Waals surface area contributed by atoms with Crippen LogP contribution in [0.15, 0.2) is 54.9 Å². The molecule has 0 saturated heterocycles. The van der Waals surface area contributed by atoms with Crippen LogP contribution in [0.1, 0.15) is 28.4 Å². The molecule has 0 bridgehead atoms. The van der Waals surface area contributed by atoms with Gasteiger partial charge in [0.15, 0.2) is 0 Å². The lowest BCUT2D eigenvalue weighted by Crippen LogP contribution is -2.26. The molecule has 1 saturated carbocycles. The Labute approximate surface area is 126 Å². The monoisotopic (exact) mass is 295 g/mol. The highest BCUT2D eigenvalue weighted by Gasteiger charge is 2.40. The van der Waals surface area contributed by atoms with Gasteiger partial charge in [0.1, 0.15) is 17.2 Å². The summed E-state index contributed by atoms with van der Waals surface area (Å²) in [5.74, 6) is -0.237. The van der Waals surface area contributed by atoms with Crippen LogP contribution in [0, 0.1) is 5.82 Å². The lowest BCUT2D eigenvalue weighted by Gasteiger charge is -2.03. The third kappa shape index (κ3) is 2.35. The first-order valence-electron chi connectivity index (χ1n) is 7.21. The zero-order valence-electron chi connectivity index (χ0n) is 11.7. The van der Waals surface area contributed by atoms with E-state index >= 15 is 0 Å². The number of carbonyl (C=O) groups is 1. The van der Waals surface area contributed by atoms with Gasteiger partial charge in [0, 0.05) is 24.4 Å². The van der Waals surface area contributed by atoms with Crippen molar-refractivity contribution in [1.29, 1.82) is 0 Å². The summed E-state index contributed by atoms with van der Waals surface area (Å²) < 4.78 is 15.0. The van der Waals surface area contributed by atoms with Crippen molar-refractivity contribution in [3.05, 3.63) is 71.9 Å². The summed E-state index contributed by atoms with van der Waals surface area (Å²) in [6, 6.07) is 12.2. The minimum absolute atomic E-state index is 0.0547. The Balaban J connectivity index is 1.47. The molecule has 2 heterocycles. The number of fused-ring (bicyclic) bond motifs is 1. The van der Waals surface area contributed by atoms with E-state index in [1.165, 1.54) is 12.1 Å². The van der Waals surface area contributed by atoms with E-state index < -0.39 is 0 Å². The predicted molar refractivity (Wildman–Crippen MR) is 80.2 cm³/mol. The fraction of sp³-hybridized carbons (Fsp3) is 0.176. The van der Waals surface area contributed by atoms with Crippen LogP contribution >= 0.6 is 0 Å². The maximum Gasteiger partial charge on any atom is 0.271 e. The van der Waals surface area contributed by atoms with Crippen LogP contribution in [0.4, 0.5) is 4.39 Å². The topological polar surface area (TPSA) is 46.4 Å². The second kappa shape index (κ2) is 4.94. The molecule has 2 atom stereocenters. The molecule has 4 nitrogen and oxygen atoms in total.